The normalized spacial score (nSPS) is 22.9. The van der Waals surface area contributed by atoms with Crippen molar-refractivity contribution < 1.29 is 9.90 Å². The van der Waals surface area contributed by atoms with Crippen LogP contribution in [0.2, 0.25) is 0 Å². The fourth-order valence-corrected chi connectivity index (χ4v) is 3.25. The molecule has 1 fully saturated rings. The Labute approximate surface area is 133 Å². The Balaban J connectivity index is 1.87. The van der Waals surface area contributed by atoms with E-state index in [2.05, 4.69) is 43.1 Å². The highest BCUT2D eigenvalue weighted by atomic mass is 16.3. The van der Waals surface area contributed by atoms with Crippen LogP contribution in [0.5, 0.6) is 0 Å². The van der Waals surface area contributed by atoms with Gasteiger partial charge in [-0.15, -0.1) is 0 Å². The quantitative estimate of drug-likeness (QED) is 0.848. The van der Waals surface area contributed by atoms with Crippen molar-refractivity contribution >= 4 is 11.6 Å². The monoisotopic (exact) mass is 304 g/mol. The van der Waals surface area contributed by atoms with E-state index in [0.717, 1.165) is 19.4 Å². The van der Waals surface area contributed by atoms with E-state index in [1.54, 1.807) is 0 Å². The van der Waals surface area contributed by atoms with E-state index < -0.39 is 6.10 Å². The molecular weight excluding hydrogens is 276 g/mol. The molecule has 4 heteroatoms. The Morgan fingerprint density at radius 2 is 2.05 bits per heavy atom. The summed E-state index contributed by atoms with van der Waals surface area (Å²) in [4.78, 5) is 14.7. The van der Waals surface area contributed by atoms with E-state index in [1.165, 1.54) is 5.69 Å². The molecule has 0 unspecified atom stereocenters. The second-order valence-corrected chi connectivity index (χ2v) is 6.69. The number of rotatable bonds is 6. The van der Waals surface area contributed by atoms with E-state index in [0.29, 0.717) is 12.5 Å². The van der Waals surface area contributed by atoms with Gasteiger partial charge in [0.2, 0.25) is 5.91 Å². The summed E-state index contributed by atoms with van der Waals surface area (Å²) in [5, 5.41) is 12.8. The maximum absolute atomic E-state index is 12.4. The summed E-state index contributed by atoms with van der Waals surface area (Å²) < 4.78 is 0. The van der Waals surface area contributed by atoms with Crippen LogP contribution in [-0.2, 0) is 4.79 Å². The minimum atomic E-state index is -0.453. The van der Waals surface area contributed by atoms with Crippen molar-refractivity contribution in [3.8, 4) is 0 Å². The molecule has 2 N–H and O–H groups in total. The zero-order valence-electron chi connectivity index (χ0n) is 13.8. The third-order valence-corrected chi connectivity index (χ3v) is 4.43. The van der Waals surface area contributed by atoms with Crippen molar-refractivity contribution in [2.45, 2.75) is 45.8 Å². The van der Waals surface area contributed by atoms with Crippen molar-refractivity contribution in [2.75, 3.05) is 18.0 Å². The first kappa shape index (κ1) is 16.8. The van der Waals surface area contributed by atoms with Gasteiger partial charge in [0.1, 0.15) is 0 Å². The summed E-state index contributed by atoms with van der Waals surface area (Å²) in [6, 6.07) is 10.4. The van der Waals surface area contributed by atoms with E-state index >= 15 is 0 Å². The number of nitrogens with one attached hydrogen (secondary N) is 1. The number of benzene rings is 1. The van der Waals surface area contributed by atoms with Gasteiger partial charge in [-0.2, -0.15) is 0 Å². The molecule has 0 radical (unpaired) electrons. The summed E-state index contributed by atoms with van der Waals surface area (Å²) in [5.74, 6) is 0.492. The maximum atomic E-state index is 12.4. The van der Waals surface area contributed by atoms with Crippen LogP contribution in [0.3, 0.4) is 0 Å². The zero-order chi connectivity index (χ0) is 16.1. The molecule has 22 heavy (non-hydrogen) atoms. The Kier molecular flexibility index (Phi) is 5.83. The first-order valence-corrected chi connectivity index (χ1v) is 8.26. The highest BCUT2D eigenvalue weighted by Gasteiger charge is 2.35. The smallest absolute Gasteiger partial charge is 0.225 e. The first-order chi connectivity index (χ1) is 10.5. The molecule has 0 spiro atoms. The van der Waals surface area contributed by atoms with E-state index in [1.807, 2.05) is 18.2 Å². The van der Waals surface area contributed by atoms with Gasteiger partial charge in [0.05, 0.1) is 12.0 Å². The van der Waals surface area contributed by atoms with Crippen molar-refractivity contribution in [2.24, 2.45) is 11.8 Å². The van der Waals surface area contributed by atoms with Gasteiger partial charge >= 0.3 is 0 Å². The van der Waals surface area contributed by atoms with Crippen LogP contribution in [0.1, 0.15) is 33.6 Å². The predicted octanol–water partition coefficient (Wildman–Crippen LogP) is 2.42. The molecular formula is C18H28N2O2. The van der Waals surface area contributed by atoms with Crippen LogP contribution >= 0.6 is 0 Å². The van der Waals surface area contributed by atoms with Crippen LogP contribution in [0.25, 0.3) is 0 Å². The largest absolute Gasteiger partial charge is 0.391 e. The molecule has 1 heterocycles. The SMILES string of the molecule is CC(C)C[C@H](O)CNC(=O)[C@@H]1CCN(c2ccccc2)[C@H]1C. The molecule has 1 aromatic rings. The summed E-state index contributed by atoms with van der Waals surface area (Å²) in [6.45, 7) is 7.50. The Morgan fingerprint density at radius 1 is 1.36 bits per heavy atom. The van der Waals surface area contributed by atoms with Crippen LogP contribution in [-0.4, -0.2) is 36.2 Å². The van der Waals surface area contributed by atoms with Gasteiger partial charge in [-0.3, -0.25) is 4.79 Å². The Hall–Kier alpha value is -1.55. The van der Waals surface area contributed by atoms with Gasteiger partial charge < -0.3 is 15.3 Å². The summed E-state index contributed by atoms with van der Waals surface area (Å²) in [7, 11) is 0. The number of aliphatic hydroxyl groups excluding tert-OH is 1. The number of hydrogen-bond donors (Lipinski definition) is 2. The number of hydrogen-bond acceptors (Lipinski definition) is 3. The van der Waals surface area contributed by atoms with E-state index in [9.17, 15) is 9.90 Å². The number of carbonyl (C=O) groups excluding carboxylic acids is 1. The standard InChI is InChI=1S/C18H28N2O2/c1-13(2)11-16(21)12-19-18(22)17-9-10-20(14(17)3)15-7-5-4-6-8-15/h4-8,13-14,16-17,21H,9-12H2,1-3H3,(H,19,22)/t14-,16-,17+/m0/s1. The van der Waals surface area contributed by atoms with Crippen LogP contribution in [0.15, 0.2) is 30.3 Å². The maximum Gasteiger partial charge on any atom is 0.225 e. The lowest BCUT2D eigenvalue weighted by Gasteiger charge is -2.26. The van der Waals surface area contributed by atoms with E-state index in [4.69, 9.17) is 0 Å². The Morgan fingerprint density at radius 3 is 2.68 bits per heavy atom. The summed E-state index contributed by atoms with van der Waals surface area (Å²) >= 11 is 0. The van der Waals surface area contributed by atoms with Gasteiger partial charge in [0.25, 0.3) is 0 Å². The number of para-hydroxylation sites is 1. The molecule has 0 aliphatic carbocycles. The minimum Gasteiger partial charge on any atom is -0.391 e. The van der Waals surface area contributed by atoms with Gasteiger partial charge in [0.15, 0.2) is 0 Å². The number of carbonyl (C=O) groups is 1. The lowest BCUT2D eigenvalue weighted by atomic mass is 10.00. The highest BCUT2D eigenvalue weighted by Crippen LogP contribution is 2.29. The fourth-order valence-electron chi connectivity index (χ4n) is 3.25. The topological polar surface area (TPSA) is 52.6 Å². The van der Waals surface area contributed by atoms with Gasteiger partial charge in [0, 0.05) is 24.8 Å². The van der Waals surface area contributed by atoms with Gasteiger partial charge in [-0.05, 0) is 37.8 Å². The molecule has 0 saturated carbocycles. The Bertz CT molecular complexity index is 475. The van der Waals surface area contributed by atoms with Gasteiger partial charge in [-0.25, -0.2) is 0 Å². The second kappa shape index (κ2) is 7.63. The van der Waals surface area contributed by atoms with Crippen LogP contribution in [0.4, 0.5) is 5.69 Å². The van der Waals surface area contributed by atoms with Crippen molar-refractivity contribution in [3.05, 3.63) is 30.3 Å². The first-order valence-electron chi connectivity index (χ1n) is 8.26. The highest BCUT2D eigenvalue weighted by molar-refractivity contribution is 5.80. The molecule has 1 aliphatic heterocycles. The molecule has 1 saturated heterocycles. The lowest BCUT2D eigenvalue weighted by molar-refractivity contribution is -0.125. The van der Waals surface area contributed by atoms with Crippen LogP contribution < -0.4 is 10.2 Å². The zero-order valence-corrected chi connectivity index (χ0v) is 13.8. The average Bonchev–Trinajstić information content (AvgIpc) is 2.87. The molecule has 0 bridgehead atoms. The number of aliphatic hydroxyl groups is 1. The fraction of sp³-hybridized carbons (Fsp3) is 0.611. The third kappa shape index (κ3) is 4.23. The number of nitrogens with zero attached hydrogens (tertiary/aromatic N) is 1. The molecule has 122 valence electrons. The molecule has 3 atom stereocenters. The summed E-state index contributed by atoms with van der Waals surface area (Å²) in [6.07, 6.45) is 1.13. The number of amides is 1. The van der Waals surface area contributed by atoms with Gasteiger partial charge in [-0.1, -0.05) is 32.0 Å². The molecule has 1 aliphatic rings. The molecule has 1 amide bonds. The number of anilines is 1. The van der Waals surface area contributed by atoms with Crippen molar-refractivity contribution in [1.29, 1.82) is 0 Å². The predicted molar refractivity (Wildman–Crippen MR) is 89.8 cm³/mol. The minimum absolute atomic E-state index is 0.00791. The molecule has 1 aromatic carbocycles. The average molecular weight is 304 g/mol. The van der Waals surface area contributed by atoms with Crippen LogP contribution in [0, 0.1) is 11.8 Å². The van der Waals surface area contributed by atoms with Crippen molar-refractivity contribution in [1.82, 2.24) is 5.32 Å². The molecule has 2 rings (SSSR count). The summed E-state index contributed by atoms with van der Waals surface area (Å²) in [5.41, 5.74) is 1.17. The second-order valence-electron chi connectivity index (χ2n) is 6.69. The molecule has 0 aromatic heterocycles. The molecule has 4 nitrogen and oxygen atoms in total. The lowest BCUT2D eigenvalue weighted by Crippen LogP contribution is -2.41. The van der Waals surface area contributed by atoms with E-state index in [-0.39, 0.29) is 17.9 Å². The third-order valence-electron chi connectivity index (χ3n) is 4.43. The van der Waals surface area contributed by atoms with Crippen molar-refractivity contribution in [3.63, 3.8) is 0 Å².